The molecule has 1 amide bonds. The third kappa shape index (κ3) is 3.97. The topological polar surface area (TPSA) is 73.7 Å². The molecule has 162 valence electrons. The lowest BCUT2D eigenvalue weighted by molar-refractivity contribution is -0.132. The predicted molar refractivity (Wildman–Crippen MR) is 123 cm³/mol. The SMILES string of the molecule is CN(C[C@H]1COc2ccccc2O1)C(=O)Cn1cnc2sc(-c3ccccc3)cc2c1=O. The van der Waals surface area contributed by atoms with Gasteiger partial charge in [-0.25, -0.2) is 4.98 Å². The first-order valence-electron chi connectivity index (χ1n) is 10.3. The zero-order chi connectivity index (χ0) is 22.1. The number of carbonyl (C=O) groups is 1. The Bertz CT molecular complexity index is 1330. The van der Waals surface area contributed by atoms with Gasteiger partial charge in [0.05, 0.1) is 18.3 Å². The number of carbonyl (C=O) groups excluding carboxylic acids is 1. The van der Waals surface area contributed by atoms with Crippen LogP contribution in [0, 0.1) is 0 Å². The lowest BCUT2D eigenvalue weighted by Gasteiger charge is -2.29. The van der Waals surface area contributed by atoms with Crippen molar-refractivity contribution >= 4 is 27.5 Å². The van der Waals surface area contributed by atoms with Gasteiger partial charge in [0.25, 0.3) is 5.56 Å². The summed E-state index contributed by atoms with van der Waals surface area (Å²) in [4.78, 5) is 33.4. The number of para-hydroxylation sites is 2. The quantitative estimate of drug-likeness (QED) is 0.469. The van der Waals surface area contributed by atoms with E-state index in [0.29, 0.717) is 34.9 Å². The Morgan fingerprint density at radius 1 is 1.16 bits per heavy atom. The van der Waals surface area contributed by atoms with Gasteiger partial charge >= 0.3 is 0 Å². The molecule has 2 aromatic heterocycles. The maximum absolute atomic E-state index is 13.0. The molecular formula is C24H21N3O4S. The highest BCUT2D eigenvalue weighted by Crippen LogP contribution is 2.31. The molecule has 1 aliphatic heterocycles. The second-order valence-corrected chi connectivity index (χ2v) is 8.68. The van der Waals surface area contributed by atoms with Crippen molar-refractivity contribution in [1.29, 1.82) is 0 Å². The van der Waals surface area contributed by atoms with Crippen molar-refractivity contribution in [2.24, 2.45) is 0 Å². The average molecular weight is 448 g/mol. The number of hydrogen-bond acceptors (Lipinski definition) is 6. The summed E-state index contributed by atoms with van der Waals surface area (Å²) in [5.74, 6) is 1.17. The van der Waals surface area contributed by atoms with Gasteiger partial charge in [-0.1, -0.05) is 42.5 Å². The molecular weight excluding hydrogens is 426 g/mol. The van der Waals surface area contributed by atoms with E-state index in [9.17, 15) is 9.59 Å². The lowest BCUT2D eigenvalue weighted by atomic mass is 10.2. The third-order valence-corrected chi connectivity index (χ3v) is 6.44. The molecule has 5 rings (SSSR count). The van der Waals surface area contributed by atoms with Crippen LogP contribution in [0.5, 0.6) is 11.5 Å². The lowest BCUT2D eigenvalue weighted by Crippen LogP contribution is -2.43. The largest absolute Gasteiger partial charge is 0.486 e. The Balaban J connectivity index is 1.29. The van der Waals surface area contributed by atoms with E-state index in [4.69, 9.17) is 9.47 Å². The van der Waals surface area contributed by atoms with Gasteiger partial charge in [-0.15, -0.1) is 11.3 Å². The molecule has 0 saturated heterocycles. The van der Waals surface area contributed by atoms with Gasteiger partial charge in [-0.05, 0) is 23.8 Å². The molecule has 0 unspecified atom stereocenters. The fourth-order valence-corrected chi connectivity index (χ4v) is 4.64. The third-order valence-electron chi connectivity index (χ3n) is 5.35. The molecule has 8 heteroatoms. The molecule has 4 aromatic rings. The number of thiophene rings is 1. The van der Waals surface area contributed by atoms with Crippen molar-refractivity contribution in [2.75, 3.05) is 20.2 Å². The van der Waals surface area contributed by atoms with Gasteiger partial charge in [-0.3, -0.25) is 14.2 Å². The second kappa shape index (κ2) is 8.47. The van der Waals surface area contributed by atoms with E-state index in [1.54, 1.807) is 11.9 Å². The van der Waals surface area contributed by atoms with Crippen molar-refractivity contribution < 1.29 is 14.3 Å². The van der Waals surface area contributed by atoms with Crippen LogP contribution in [0.3, 0.4) is 0 Å². The highest BCUT2D eigenvalue weighted by atomic mass is 32.1. The summed E-state index contributed by atoms with van der Waals surface area (Å²) in [6.07, 6.45) is 1.17. The number of aromatic nitrogens is 2. The van der Waals surface area contributed by atoms with Crippen LogP contribution >= 0.6 is 11.3 Å². The van der Waals surface area contributed by atoms with E-state index >= 15 is 0 Å². The molecule has 3 heterocycles. The first-order chi connectivity index (χ1) is 15.6. The maximum atomic E-state index is 13.0. The second-order valence-electron chi connectivity index (χ2n) is 7.64. The van der Waals surface area contributed by atoms with E-state index < -0.39 is 0 Å². The van der Waals surface area contributed by atoms with Crippen LogP contribution in [0.4, 0.5) is 0 Å². The zero-order valence-corrected chi connectivity index (χ0v) is 18.2. The van der Waals surface area contributed by atoms with Crippen LogP contribution in [0.25, 0.3) is 20.7 Å². The number of benzene rings is 2. The van der Waals surface area contributed by atoms with Gasteiger partial charge in [-0.2, -0.15) is 0 Å². The number of likely N-dealkylation sites (N-methyl/N-ethyl adjacent to an activating group) is 1. The highest BCUT2D eigenvalue weighted by molar-refractivity contribution is 7.21. The molecule has 1 aliphatic rings. The summed E-state index contributed by atoms with van der Waals surface area (Å²) < 4.78 is 13.0. The maximum Gasteiger partial charge on any atom is 0.262 e. The molecule has 0 bridgehead atoms. The number of rotatable bonds is 5. The molecule has 0 aliphatic carbocycles. The number of amides is 1. The molecule has 0 spiro atoms. The highest BCUT2D eigenvalue weighted by Gasteiger charge is 2.24. The summed E-state index contributed by atoms with van der Waals surface area (Å²) in [6.45, 7) is 0.631. The van der Waals surface area contributed by atoms with Gasteiger partial charge < -0.3 is 14.4 Å². The number of ether oxygens (including phenoxy) is 2. The molecule has 0 N–H and O–H groups in total. The van der Waals surface area contributed by atoms with Crippen LogP contribution in [-0.2, 0) is 11.3 Å². The van der Waals surface area contributed by atoms with Gasteiger partial charge in [0.1, 0.15) is 18.0 Å². The predicted octanol–water partition coefficient (Wildman–Crippen LogP) is 3.42. The van der Waals surface area contributed by atoms with Gasteiger partial charge in [0.15, 0.2) is 17.6 Å². The smallest absolute Gasteiger partial charge is 0.262 e. The Morgan fingerprint density at radius 3 is 2.72 bits per heavy atom. The van der Waals surface area contributed by atoms with Crippen LogP contribution < -0.4 is 15.0 Å². The first kappa shape index (κ1) is 20.3. The summed E-state index contributed by atoms with van der Waals surface area (Å²) in [7, 11) is 1.70. The van der Waals surface area contributed by atoms with Gasteiger partial charge in [0.2, 0.25) is 5.91 Å². The Kier molecular flexibility index (Phi) is 5.36. The number of fused-ring (bicyclic) bond motifs is 2. The van der Waals surface area contributed by atoms with Crippen molar-refractivity contribution in [3.05, 3.63) is 77.3 Å². The monoisotopic (exact) mass is 447 g/mol. The van der Waals surface area contributed by atoms with Crippen molar-refractivity contribution in [3.63, 3.8) is 0 Å². The Labute approximate surface area is 188 Å². The normalized spacial score (nSPS) is 15.0. The fourth-order valence-electron chi connectivity index (χ4n) is 3.64. The molecule has 2 aromatic carbocycles. The molecule has 0 fully saturated rings. The summed E-state index contributed by atoms with van der Waals surface area (Å²) in [5.41, 5.74) is 0.815. The average Bonchev–Trinajstić information content (AvgIpc) is 3.26. The van der Waals surface area contributed by atoms with E-state index in [0.717, 1.165) is 10.4 Å². The van der Waals surface area contributed by atoms with Crippen molar-refractivity contribution in [3.8, 4) is 21.9 Å². The molecule has 7 nitrogen and oxygen atoms in total. The van der Waals surface area contributed by atoms with Crippen LogP contribution in [-0.4, -0.2) is 46.7 Å². The van der Waals surface area contributed by atoms with E-state index in [2.05, 4.69) is 4.98 Å². The molecule has 0 radical (unpaired) electrons. The number of nitrogens with zero attached hydrogens (tertiary/aromatic N) is 3. The number of hydrogen-bond donors (Lipinski definition) is 0. The molecule has 1 atom stereocenters. The standard InChI is InChI=1S/C24H21N3O4S/c1-26(12-17-14-30-19-9-5-6-10-20(19)31-17)22(28)13-27-15-25-23-18(24(27)29)11-21(32-23)16-7-3-2-4-8-16/h2-11,15,17H,12-14H2,1H3/t17-/m0/s1. The van der Waals surface area contributed by atoms with E-state index in [1.807, 2.05) is 60.7 Å². The van der Waals surface area contributed by atoms with Gasteiger partial charge in [0, 0.05) is 11.9 Å². The van der Waals surface area contributed by atoms with E-state index in [-0.39, 0.29) is 24.1 Å². The van der Waals surface area contributed by atoms with Crippen LogP contribution in [0.15, 0.2) is 71.8 Å². The molecule has 0 saturated carbocycles. The van der Waals surface area contributed by atoms with Crippen molar-refractivity contribution in [1.82, 2.24) is 14.5 Å². The fraction of sp³-hybridized carbons (Fsp3) is 0.208. The summed E-state index contributed by atoms with van der Waals surface area (Å²) in [6, 6.07) is 19.2. The van der Waals surface area contributed by atoms with E-state index in [1.165, 1.54) is 22.2 Å². The minimum Gasteiger partial charge on any atom is -0.486 e. The first-order valence-corrected chi connectivity index (χ1v) is 11.1. The van der Waals surface area contributed by atoms with Crippen LogP contribution in [0.1, 0.15) is 0 Å². The van der Waals surface area contributed by atoms with Crippen molar-refractivity contribution in [2.45, 2.75) is 12.6 Å². The zero-order valence-electron chi connectivity index (χ0n) is 17.4. The molecule has 32 heavy (non-hydrogen) atoms. The Morgan fingerprint density at radius 2 is 1.91 bits per heavy atom. The van der Waals surface area contributed by atoms with Crippen LogP contribution in [0.2, 0.25) is 0 Å². The summed E-state index contributed by atoms with van der Waals surface area (Å²) >= 11 is 1.47. The minimum absolute atomic E-state index is 0.0844. The summed E-state index contributed by atoms with van der Waals surface area (Å²) in [5, 5.41) is 0.521. The minimum atomic E-state index is -0.276. The Hall–Kier alpha value is -3.65.